The number of nitrogens with zero attached hydrogens (tertiary/aromatic N) is 1. The van der Waals surface area contributed by atoms with Crippen LogP contribution in [0.25, 0.3) is 0 Å². The third kappa shape index (κ3) is 7.72. The van der Waals surface area contributed by atoms with E-state index in [1.54, 1.807) is 0 Å². The average molecular weight is 227 g/mol. The summed E-state index contributed by atoms with van der Waals surface area (Å²) in [5.41, 5.74) is 0. The van der Waals surface area contributed by atoms with Crippen molar-refractivity contribution in [1.29, 1.82) is 0 Å². The van der Waals surface area contributed by atoms with Crippen molar-refractivity contribution in [3.05, 3.63) is 0 Å². The van der Waals surface area contributed by atoms with Gasteiger partial charge in [0.1, 0.15) is 0 Å². The van der Waals surface area contributed by atoms with Gasteiger partial charge in [0.25, 0.3) is 0 Å². The molecule has 0 fully saturated rings. The standard InChI is InChI=1S/C14H29NO/c1-4-7-9-12-15(13-10-8-5-2)14(16)11-6-3/h4-13H2,1-3H3. The zero-order chi connectivity index (χ0) is 12.2. The fourth-order valence-corrected chi connectivity index (χ4v) is 1.84. The van der Waals surface area contributed by atoms with Crippen molar-refractivity contribution in [2.75, 3.05) is 13.1 Å². The van der Waals surface area contributed by atoms with Crippen LogP contribution in [0.5, 0.6) is 0 Å². The van der Waals surface area contributed by atoms with E-state index in [1.807, 2.05) is 0 Å². The molecule has 0 saturated carbocycles. The Morgan fingerprint density at radius 2 is 1.31 bits per heavy atom. The first kappa shape index (κ1) is 15.5. The van der Waals surface area contributed by atoms with E-state index >= 15 is 0 Å². The number of rotatable bonds is 10. The Hall–Kier alpha value is -0.530. The van der Waals surface area contributed by atoms with Crippen LogP contribution >= 0.6 is 0 Å². The second-order valence-electron chi connectivity index (χ2n) is 4.55. The molecule has 0 aromatic carbocycles. The Bertz CT molecular complexity index is 158. The van der Waals surface area contributed by atoms with E-state index in [4.69, 9.17) is 0 Å². The van der Waals surface area contributed by atoms with Gasteiger partial charge in [-0.1, -0.05) is 46.5 Å². The summed E-state index contributed by atoms with van der Waals surface area (Å²) in [6.45, 7) is 8.42. The smallest absolute Gasteiger partial charge is 0.222 e. The van der Waals surface area contributed by atoms with E-state index in [9.17, 15) is 4.79 Å². The van der Waals surface area contributed by atoms with Crippen LogP contribution in [0.3, 0.4) is 0 Å². The molecule has 0 spiro atoms. The lowest BCUT2D eigenvalue weighted by Gasteiger charge is -2.22. The van der Waals surface area contributed by atoms with Crippen molar-refractivity contribution >= 4 is 5.91 Å². The van der Waals surface area contributed by atoms with Gasteiger partial charge >= 0.3 is 0 Å². The summed E-state index contributed by atoms with van der Waals surface area (Å²) >= 11 is 0. The Labute approximate surface area is 101 Å². The minimum atomic E-state index is 0.356. The monoisotopic (exact) mass is 227 g/mol. The molecular weight excluding hydrogens is 198 g/mol. The number of hydrogen-bond acceptors (Lipinski definition) is 1. The molecule has 0 aromatic rings. The number of carbonyl (C=O) groups excluding carboxylic acids is 1. The van der Waals surface area contributed by atoms with Gasteiger partial charge in [0, 0.05) is 19.5 Å². The van der Waals surface area contributed by atoms with Crippen LogP contribution in [0.1, 0.15) is 72.1 Å². The summed E-state index contributed by atoms with van der Waals surface area (Å²) in [5, 5.41) is 0. The molecule has 0 rings (SSSR count). The van der Waals surface area contributed by atoms with Gasteiger partial charge in [-0.2, -0.15) is 0 Å². The maximum absolute atomic E-state index is 11.9. The summed E-state index contributed by atoms with van der Waals surface area (Å²) in [5.74, 6) is 0.356. The van der Waals surface area contributed by atoms with Gasteiger partial charge in [0.05, 0.1) is 0 Å². The SMILES string of the molecule is CCCCCN(CCCCC)C(=O)CCC. The normalized spacial score (nSPS) is 10.4. The van der Waals surface area contributed by atoms with E-state index in [2.05, 4.69) is 25.7 Å². The summed E-state index contributed by atoms with van der Waals surface area (Å²) in [4.78, 5) is 13.9. The number of unbranched alkanes of at least 4 members (excludes halogenated alkanes) is 4. The molecule has 2 heteroatoms. The summed E-state index contributed by atoms with van der Waals surface area (Å²) in [7, 11) is 0. The van der Waals surface area contributed by atoms with Crippen molar-refractivity contribution in [2.24, 2.45) is 0 Å². The third-order valence-corrected chi connectivity index (χ3v) is 2.88. The molecule has 0 radical (unpaired) electrons. The lowest BCUT2D eigenvalue weighted by Crippen LogP contribution is -2.32. The number of carbonyl (C=O) groups is 1. The predicted molar refractivity (Wildman–Crippen MR) is 70.5 cm³/mol. The van der Waals surface area contributed by atoms with Crippen LogP contribution in [0.15, 0.2) is 0 Å². The summed E-state index contributed by atoms with van der Waals surface area (Å²) < 4.78 is 0. The van der Waals surface area contributed by atoms with Gasteiger partial charge < -0.3 is 4.90 Å². The highest BCUT2D eigenvalue weighted by atomic mass is 16.2. The quantitative estimate of drug-likeness (QED) is 0.517. The molecule has 0 bridgehead atoms. The molecule has 0 aliphatic carbocycles. The highest BCUT2D eigenvalue weighted by molar-refractivity contribution is 5.76. The van der Waals surface area contributed by atoms with E-state index in [0.717, 1.165) is 38.8 Å². The average Bonchev–Trinajstić information content (AvgIpc) is 2.28. The van der Waals surface area contributed by atoms with Gasteiger partial charge in [-0.25, -0.2) is 0 Å². The fourth-order valence-electron chi connectivity index (χ4n) is 1.84. The summed E-state index contributed by atoms with van der Waals surface area (Å²) in [6.07, 6.45) is 8.95. The molecule has 2 nitrogen and oxygen atoms in total. The fraction of sp³-hybridized carbons (Fsp3) is 0.929. The van der Waals surface area contributed by atoms with Crippen molar-refractivity contribution in [3.63, 3.8) is 0 Å². The van der Waals surface area contributed by atoms with Gasteiger partial charge in [0.2, 0.25) is 5.91 Å². The van der Waals surface area contributed by atoms with E-state index in [0.29, 0.717) is 5.91 Å². The lowest BCUT2D eigenvalue weighted by atomic mass is 10.2. The molecule has 0 saturated heterocycles. The molecule has 0 heterocycles. The number of hydrogen-bond donors (Lipinski definition) is 0. The molecule has 96 valence electrons. The van der Waals surface area contributed by atoms with Crippen molar-refractivity contribution in [1.82, 2.24) is 4.90 Å². The summed E-state index contributed by atoms with van der Waals surface area (Å²) in [6, 6.07) is 0. The van der Waals surface area contributed by atoms with Crippen LogP contribution in [0, 0.1) is 0 Å². The first-order chi connectivity index (χ1) is 7.76. The Morgan fingerprint density at radius 1 is 0.812 bits per heavy atom. The largest absolute Gasteiger partial charge is 0.343 e. The minimum Gasteiger partial charge on any atom is -0.343 e. The van der Waals surface area contributed by atoms with Crippen LogP contribution in [0.2, 0.25) is 0 Å². The zero-order valence-corrected chi connectivity index (χ0v) is 11.4. The van der Waals surface area contributed by atoms with E-state index < -0.39 is 0 Å². The molecule has 0 unspecified atom stereocenters. The Kier molecular flexibility index (Phi) is 10.6. The third-order valence-electron chi connectivity index (χ3n) is 2.88. The molecule has 0 atom stereocenters. The van der Waals surface area contributed by atoms with Crippen LogP contribution in [0.4, 0.5) is 0 Å². The molecule has 0 aromatic heterocycles. The van der Waals surface area contributed by atoms with Crippen LogP contribution in [-0.2, 0) is 4.79 Å². The second kappa shape index (κ2) is 11.0. The van der Waals surface area contributed by atoms with Crippen LogP contribution in [-0.4, -0.2) is 23.9 Å². The molecule has 16 heavy (non-hydrogen) atoms. The molecule has 1 amide bonds. The zero-order valence-electron chi connectivity index (χ0n) is 11.4. The molecule has 0 aliphatic rings. The minimum absolute atomic E-state index is 0.356. The van der Waals surface area contributed by atoms with Crippen LogP contribution < -0.4 is 0 Å². The molecule has 0 aliphatic heterocycles. The van der Waals surface area contributed by atoms with E-state index in [-0.39, 0.29) is 0 Å². The van der Waals surface area contributed by atoms with Gasteiger partial charge in [-0.05, 0) is 19.3 Å². The molecule has 0 N–H and O–H groups in total. The maximum Gasteiger partial charge on any atom is 0.222 e. The van der Waals surface area contributed by atoms with Gasteiger partial charge in [-0.15, -0.1) is 0 Å². The van der Waals surface area contributed by atoms with Crippen molar-refractivity contribution in [3.8, 4) is 0 Å². The highest BCUT2D eigenvalue weighted by Gasteiger charge is 2.10. The maximum atomic E-state index is 11.9. The van der Waals surface area contributed by atoms with E-state index in [1.165, 1.54) is 25.7 Å². The Balaban J connectivity index is 3.89. The van der Waals surface area contributed by atoms with Gasteiger partial charge in [0.15, 0.2) is 0 Å². The Morgan fingerprint density at radius 3 is 1.69 bits per heavy atom. The topological polar surface area (TPSA) is 20.3 Å². The second-order valence-corrected chi connectivity index (χ2v) is 4.55. The van der Waals surface area contributed by atoms with Crippen molar-refractivity contribution < 1.29 is 4.79 Å². The lowest BCUT2D eigenvalue weighted by molar-refractivity contribution is -0.131. The number of amides is 1. The highest BCUT2D eigenvalue weighted by Crippen LogP contribution is 2.05. The van der Waals surface area contributed by atoms with Crippen molar-refractivity contribution in [2.45, 2.75) is 72.1 Å². The first-order valence-corrected chi connectivity index (χ1v) is 7.04. The first-order valence-electron chi connectivity index (χ1n) is 7.04. The molecular formula is C14H29NO. The predicted octanol–water partition coefficient (Wildman–Crippen LogP) is 4.00. The van der Waals surface area contributed by atoms with Gasteiger partial charge in [-0.3, -0.25) is 4.79 Å².